The van der Waals surface area contributed by atoms with Gasteiger partial charge in [-0.2, -0.15) is 0 Å². The molecule has 0 aliphatic heterocycles. The third-order valence-corrected chi connectivity index (χ3v) is 4.70. The van der Waals surface area contributed by atoms with Gasteiger partial charge in [0.1, 0.15) is 5.82 Å². The van der Waals surface area contributed by atoms with Gasteiger partial charge < -0.3 is 10.2 Å². The van der Waals surface area contributed by atoms with Crippen LogP contribution in [0.1, 0.15) is 37.3 Å². The maximum Gasteiger partial charge on any atom is 0.146 e. The van der Waals surface area contributed by atoms with Crippen molar-refractivity contribution < 1.29 is 4.39 Å². The Hall–Kier alpha value is -1.39. The van der Waals surface area contributed by atoms with Crippen LogP contribution in [0.4, 0.5) is 10.1 Å². The molecule has 1 unspecified atom stereocenters. The van der Waals surface area contributed by atoms with Gasteiger partial charge in [0.15, 0.2) is 0 Å². The first-order valence-electron chi connectivity index (χ1n) is 7.27. The van der Waals surface area contributed by atoms with Crippen LogP contribution in [0.15, 0.2) is 35.7 Å². The molecule has 1 atom stereocenters. The van der Waals surface area contributed by atoms with Gasteiger partial charge >= 0.3 is 0 Å². The molecular weight excluding hydrogens is 283 g/mol. The molecule has 0 aliphatic carbocycles. The molecule has 0 saturated carbocycles. The van der Waals surface area contributed by atoms with Crippen molar-refractivity contribution in [3.8, 4) is 0 Å². The van der Waals surface area contributed by atoms with Crippen molar-refractivity contribution in [2.24, 2.45) is 0 Å². The van der Waals surface area contributed by atoms with Gasteiger partial charge in [-0.3, -0.25) is 0 Å². The number of nitrogens with zero attached hydrogens (tertiary/aromatic N) is 1. The lowest BCUT2D eigenvalue weighted by molar-refractivity contribution is 0.575. The zero-order chi connectivity index (χ0) is 15.4. The highest BCUT2D eigenvalue weighted by Crippen LogP contribution is 2.32. The van der Waals surface area contributed by atoms with Gasteiger partial charge in [0, 0.05) is 24.5 Å². The summed E-state index contributed by atoms with van der Waals surface area (Å²) in [6.07, 6.45) is 0. The first-order valence-corrected chi connectivity index (χ1v) is 8.15. The predicted octanol–water partition coefficient (Wildman–Crippen LogP) is 4.58. The van der Waals surface area contributed by atoms with Crippen LogP contribution in [0.2, 0.25) is 0 Å². The standard InChI is InChI=1S/C17H23FN2S/c1-12(2)19-11-14-7-5-8-15(18)17(14)20(4)13(3)16-9-6-10-21-16/h5-10,12-13,19H,11H2,1-4H3. The lowest BCUT2D eigenvalue weighted by Crippen LogP contribution is -2.27. The summed E-state index contributed by atoms with van der Waals surface area (Å²) >= 11 is 1.70. The Labute approximate surface area is 130 Å². The number of hydrogen-bond donors (Lipinski definition) is 1. The highest BCUT2D eigenvalue weighted by Gasteiger charge is 2.19. The molecule has 1 aromatic heterocycles. The highest BCUT2D eigenvalue weighted by molar-refractivity contribution is 7.10. The summed E-state index contributed by atoms with van der Waals surface area (Å²) in [6.45, 7) is 6.97. The molecule has 2 rings (SSSR count). The minimum atomic E-state index is -0.163. The van der Waals surface area contributed by atoms with E-state index in [2.05, 4.69) is 37.5 Å². The first-order chi connectivity index (χ1) is 10.0. The van der Waals surface area contributed by atoms with Crippen LogP contribution in [-0.4, -0.2) is 13.1 Å². The molecule has 1 heterocycles. The first kappa shape index (κ1) is 16.0. The average molecular weight is 306 g/mol. The van der Waals surface area contributed by atoms with Crippen molar-refractivity contribution in [3.05, 3.63) is 52.0 Å². The monoisotopic (exact) mass is 306 g/mol. The van der Waals surface area contributed by atoms with Crippen LogP contribution in [0.5, 0.6) is 0 Å². The Balaban J connectivity index is 2.28. The van der Waals surface area contributed by atoms with E-state index in [-0.39, 0.29) is 11.9 Å². The summed E-state index contributed by atoms with van der Waals surface area (Å²) in [5.74, 6) is -0.163. The van der Waals surface area contributed by atoms with E-state index in [1.54, 1.807) is 17.4 Å². The predicted molar refractivity (Wildman–Crippen MR) is 89.5 cm³/mol. The van der Waals surface area contributed by atoms with Gasteiger partial charge in [0.2, 0.25) is 0 Å². The molecule has 1 aromatic carbocycles. The molecule has 1 N–H and O–H groups in total. The second-order valence-electron chi connectivity index (χ2n) is 5.59. The van der Waals surface area contributed by atoms with Crippen molar-refractivity contribution in [2.45, 2.75) is 39.4 Å². The Kier molecular flexibility index (Phi) is 5.37. The summed E-state index contributed by atoms with van der Waals surface area (Å²) in [7, 11) is 1.96. The van der Waals surface area contributed by atoms with E-state index >= 15 is 0 Å². The Morgan fingerprint density at radius 2 is 1.95 bits per heavy atom. The van der Waals surface area contributed by atoms with Gasteiger partial charge in [0.25, 0.3) is 0 Å². The van der Waals surface area contributed by atoms with Crippen molar-refractivity contribution in [3.63, 3.8) is 0 Å². The molecule has 0 fully saturated rings. The van der Waals surface area contributed by atoms with Crippen molar-refractivity contribution in [1.29, 1.82) is 0 Å². The molecule has 2 nitrogen and oxygen atoms in total. The van der Waals surface area contributed by atoms with E-state index in [0.29, 0.717) is 18.3 Å². The molecule has 2 aromatic rings. The maximum absolute atomic E-state index is 14.4. The molecule has 0 aliphatic rings. The Morgan fingerprint density at radius 1 is 1.19 bits per heavy atom. The van der Waals surface area contributed by atoms with Gasteiger partial charge in [-0.1, -0.05) is 32.0 Å². The Morgan fingerprint density at radius 3 is 2.57 bits per heavy atom. The molecule has 4 heteroatoms. The zero-order valence-electron chi connectivity index (χ0n) is 13.1. The number of para-hydroxylation sites is 1. The number of anilines is 1. The van der Waals surface area contributed by atoms with Crippen LogP contribution in [0.3, 0.4) is 0 Å². The third-order valence-electron chi connectivity index (χ3n) is 3.66. The van der Waals surface area contributed by atoms with Crippen LogP contribution in [-0.2, 0) is 6.54 Å². The number of nitrogens with one attached hydrogen (secondary N) is 1. The maximum atomic E-state index is 14.4. The normalized spacial score (nSPS) is 12.7. The summed E-state index contributed by atoms with van der Waals surface area (Å²) in [5.41, 5.74) is 1.68. The third kappa shape index (κ3) is 3.83. The van der Waals surface area contributed by atoms with Crippen LogP contribution in [0.25, 0.3) is 0 Å². The van der Waals surface area contributed by atoms with E-state index in [1.165, 1.54) is 10.9 Å². The Bertz CT molecular complexity index is 566. The molecule has 0 amide bonds. The summed E-state index contributed by atoms with van der Waals surface area (Å²) in [4.78, 5) is 3.27. The molecule has 0 radical (unpaired) electrons. The van der Waals surface area contributed by atoms with Crippen LogP contribution in [0, 0.1) is 5.82 Å². The summed E-state index contributed by atoms with van der Waals surface area (Å²) in [5, 5.41) is 5.43. The van der Waals surface area contributed by atoms with Crippen molar-refractivity contribution in [2.75, 3.05) is 11.9 Å². The zero-order valence-corrected chi connectivity index (χ0v) is 13.9. The SMILES string of the molecule is CC(C)NCc1cccc(F)c1N(C)C(C)c1cccs1. The van der Waals surface area contributed by atoms with E-state index in [1.807, 2.05) is 24.1 Å². The second-order valence-corrected chi connectivity index (χ2v) is 6.56. The number of rotatable bonds is 6. The van der Waals surface area contributed by atoms with Gasteiger partial charge in [-0.15, -0.1) is 11.3 Å². The van der Waals surface area contributed by atoms with Crippen LogP contribution >= 0.6 is 11.3 Å². The topological polar surface area (TPSA) is 15.3 Å². The summed E-state index contributed by atoms with van der Waals surface area (Å²) in [6, 6.07) is 9.96. The van der Waals surface area contributed by atoms with Crippen molar-refractivity contribution >= 4 is 17.0 Å². The van der Waals surface area contributed by atoms with E-state index < -0.39 is 0 Å². The van der Waals surface area contributed by atoms with E-state index in [0.717, 1.165) is 5.56 Å². The quantitative estimate of drug-likeness (QED) is 0.840. The largest absolute Gasteiger partial charge is 0.364 e. The fourth-order valence-electron chi connectivity index (χ4n) is 2.33. The fraction of sp³-hybridized carbons (Fsp3) is 0.412. The molecule has 21 heavy (non-hydrogen) atoms. The smallest absolute Gasteiger partial charge is 0.146 e. The van der Waals surface area contributed by atoms with E-state index in [4.69, 9.17) is 0 Å². The van der Waals surface area contributed by atoms with Gasteiger partial charge in [-0.05, 0) is 30.0 Å². The minimum absolute atomic E-state index is 0.152. The van der Waals surface area contributed by atoms with Gasteiger partial charge in [-0.25, -0.2) is 4.39 Å². The molecule has 0 spiro atoms. The number of hydrogen-bond acceptors (Lipinski definition) is 3. The number of halogens is 1. The highest BCUT2D eigenvalue weighted by atomic mass is 32.1. The fourth-order valence-corrected chi connectivity index (χ4v) is 3.15. The minimum Gasteiger partial charge on any atom is -0.364 e. The lowest BCUT2D eigenvalue weighted by Gasteiger charge is -2.29. The average Bonchev–Trinajstić information content (AvgIpc) is 2.97. The lowest BCUT2D eigenvalue weighted by atomic mass is 10.1. The van der Waals surface area contributed by atoms with E-state index in [9.17, 15) is 4.39 Å². The summed E-state index contributed by atoms with van der Waals surface area (Å²) < 4.78 is 14.4. The number of thiophene rings is 1. The molecule has 0 bridgehead atoms. The van der Waals surface area contributed by atoms with Gasteiger partial charge in [0.05, 0.1) is 11.7 Å². The molecule has 0 saturated heterocycles. The second kappa shape index (κ2) is 7.05. The molecular formula is C17H23FN2S. The van der Waals surface area contributed by atoms with Crippen LogP contribution < -0.4 is 10.2 Å². The number of benzene rings is 1. The molecule has 114 valence electrons. The van der Waals surface area contributed by atoms with Crippen molar-refractivity contribution in [1.82, 2.24) is 5.32 Å².